The van der Waals surface area contributed by atoms with Gasteiger partial charge in [0.1, 0.15) is 0 Å². The molecule has 0 saturated heterocycles. The normalized spacial score (nSPS) is 12.2. The Kier molecular flexibility index (Phi) is 7.07. The average Bonchev–Trinajstić information content (AvgIpc) is 2.47. The molecule has 1 aromatic carbocycles. The lowest BCUT2D eigenvalue weighted by Crippen LogP contribution is -2.39. The Hall–Kier alpha value is -2.04. The first-order valence-corrected chi connectivity index (χ1v) is 8.15. The fourth-order valence-corrected chi connectivity index (χ4v) is 1.82. The third-order valence-corrected chi connectivity index (χ3v) is 3.86. The van der Waals surface area contributed by atoms with Crippen LogP contribution in [0, 0.1) is 18.8 Å². The molecule has 23 heavy (non-hydrogen) atoms. The zero-order valence-corrected chi connectivity index (χ0v) is 15.0. The van der Waals surface area contributed by atoms with Crippen molar-refractivity contribution in [2.75, 3.05) is 17.2 Å². The van der Waals surface area contributed by atoms with Crippen LogP contribution in [-0.4, -0.2) is 24.4 Å². The molecule has 0 heterocycles. The number of nitrogens with one attached hydrogen (secondary N) is 3. The molecule has 0 saturated carbocycles. The Balaban J connectivity index is 2.66. The predicted molar refractivity (Wildman–Crippen MR) is 95.6 cm³/mol. The van der Waals surface area contributed by atoms with E-state index in [1.54, 1.807) is 0 Å². The van der Waals surface area contributed by atoms with Crippen LogP contribution in [0.1, 0.15) is 40.2 Å². The molecule has 5 nitrogen and oxygen atoms in total. The minimum atomic E-state index is -0.0731. The molecular formula is C18H29N3O2. The molecule has 0 bridgehead atoms. The minimum Gasteiger partial charge on any atom is -0.376 e. The van der Waals surface area contributed by atoms with Gasteiger partial charge in [-0.1, -0.05) is 33.8 Å². The molecule has 1 rings (SSSR count). The number of amides is 2. The number of aryl methyl sites for hydroxylation is 1. The van der Waals surface area contributed by atoms with Crippen LogP contribution in [0.2, 0.25) is 0 Å². The van der Waals surface area contributed by atoms with E-state index >= 15 is 0 Å². The van der Waals surface area contributed by atoms with Crippen LogP contribution in [0.4, 0.5) is 11.4 Å². The molecule has 0 aliphatic carbocycles. The van der Waals surface area contributed by atoms with Crippen molar-refractivity contribution in [3.8, 4) is 0 Å². The topological polar surface area (TPSA) is 70.2 Å². The maximum atomic E-state index is 12.0. The smallest absolute Gasteiger partial charge is 0.239 e. The highest BCUT2D eigenvalue weighted by atomic mass is 16.2. The third kappa shape index (κ3) is 6.30. The van der Waals surface area contributed by atoms with Gasteiger partial charge in [0.2, 0.25) is 11.8 Å². The number of hydrogen-bond donors (Lipinski definition) is 3. The molecule has 0 aromatic heterocycles. The Bertz CT molecular complexity index is 553. The zero-order chi connectivity index (χ0) is 17.6. The number of rotatable bonds is 7. The van der Waals surface area contributed by atoms with Crippen molar-refractivity contribution in [2.24, 2.45) is 11.8 Å². The first-order chi connectivity index (χ1) is 10.7. The van der Waals surface area contributed by atoms with E-state index in [4.69, 9.17) is 0 Å². The molecule has 0 aliphatic rings. The Morgan fingerprint density at radius 3 is 2.30 bits per heavy atom. The predicted octanol–water partition coefficient (Wildman–Crippen LogP) is 3.16. The monoisotopic (exact) mass is 319 g/mol. The zero-order valence-electron chi connectivity index (χ0n) is 15.0. The largest absolute Gasteiger partial charge is 0.376 e. The van der Waals surface area contributed by atoms with Crippen LogP contribution < -0.4 is 16.0 Å². The van der Waals surface area contributed by atoms with Gasteiger partial charge in [-0.15, -0.1) is 0 Å². The van der Waals surface area contributed by atoms with Gasteiger partial charge in [0.25, 0.3) is 0 Å². The van der Waals surface area contributed by atoms with Crippen LogP contribution in [0.3, 0.4) is 0 Å². The second-order valence-corrected chi connectivity index (χ2v) is 6.63. The van der Waals surface area contributed by atoms with Crippen LogP contribution in [0.15, 0.2) is 18.2 Å². The summed E-state index contributed by atoms with van der Waals surface area (Å²) in [6.45, 7) is 12.0. The van der Waals surface area contributed by atoms with Gasteiger partial charge in [-0.05, 0) is 37.5 Å². The van der Waals surface area contributed by atoms with Crippen LogP contribution in [0.5, 0.6) is 0 Å². The lowest BCUT2D eigenvalue weighted by Gasteiger charge is -2.18. The van der Waals surface area contributed by atoms with Gasteiger partial charge >= 0.3 is 0 Å². The molecule has 0 spiro atoms. The summed E-state index contributed by atoms with van der Waals surface area (Å²) in [5.41, 5.74) is 2.60. The highest BCUT2D eigenvalue weighted by molar-refractivity contribution is 5.92. The van der Waals surface area contributed by atoms with Gasteiger partial charge in [0.05, 0.1) is 6.54 Å². The number of carbonyl (C=O) groups is 2. The van der Waals surface area contributed by atoms with Crippen molar-refractivity contribution in [1.29, 1.82) is 0 Å². The molecular weight excluding hydrogens is 290 g/mol. The van der Waals surface area contributed by atoms with Crippen molar-refractivity contribution in [2.45, 2.75) is 47.6 Å². The molecule has 0 radical (unpaired) electrons. The van der Waals surface area contributed by atoms with E-state index in [1.807, 2.05) is 45.9 Å². The summed E-state index contributed by atoms with van der Waals surface area (Å²) in [6.07, 6.45) is 0. The molecule has 1 aromatic rings. The summed E-state index contributed by atoms with van der Waals surface area (Å²) in [5, 5.41) is 8.96. The van der Waals surface area contributed by atoms with Crippen molar-refractivity contribution in [3.63, 3.8) is 0 Å². The molecule has 1 atom stereocenters. The summed E-state index contributed by atoms with van der Waals surface area (Å²) in [5.74, 6) is 0.261. The van der Waals surface area contributed by atoms with E-state index in [0.29, 0.717) is 5.92 Å². The third-order valence-electron chi connectivity index (χ3n) is 3.86. The standard InChI is InChI=1S/C18H29N3O2/c1-11(2)14(6)20-17(22)10-19-16-9-15(8-7-13(16)5)21-18(23)12(3)4/h7-9,11-12,14,19H,10H2,1-6H3,(H,20,22)(H,21,23). The van der Waals surface area contributed by atoms with Gasteiger partial charge in [-0.2, -0.15) is 0 Å². The first-order valence-electron chi connectivity index (χ1n) is 8.15. The van der Waals surface area contributed by atoms with Gasteiger partial charge in [0.15, 0.2) is 0 Å². The van der Waals surface area contributed by atoms with E-state index < -0.39 is 0 Å². The molecule has 3 N–H and O–H groups in total. The molecule has 2 amide bonds. The molecule has 0 fully saturated rings. The lowest BCUT2D eigenvalue weighted by molar-refractivity contribution is -0.120. The second kappa shape index (κ2) is 8.56. The molecule has 0 aliphatic heterocycles. The van der Waals surface area contributed by atoms with Crippen molar-refractivity contribution >= 4 is 23.2 Å². The van der Waals surface area contributed by atoms with E-state index in [-0.39, 0.29) is 30.3 Å². The van der Waals surface area contributed by atoms with Crippen LogP contribution in [-0.2, 0) is 9.59 Å². The van der Waals surface area contributed by atoms with E-state index in [1.165, 1.54) is 0 Å². The highest BCUT2D eigenvalue weighted by Gasteiger charge is 2.12. The summed E-state index contributed by atoms with van der Waals surface area (Å²) in [6, 6.07) is 5.78. The lowest BCUT2D eigenvalue weighted by atomic mass is 10.1. The van der Waals surface area contributed by atoms with Crippen molar-refractivity contribution in [1.82, 2.24) is 5.32 Å². The average molecular weight is 319 g/mol. The summed E-state index contributed by atoms with van der Waals surface area (Å²) >= 11 is 0. The second-order valence-electron chi connectivity index (χ2n) is 6.63. The van der Waals surface area contributed by atoms with Crippen LogP contribution >= 0.6 is 0 Å². The Morgan fingerprint density at radius 1 is 1.09 bits per heavy atom. The molecule has 5 heteroatoms. The molecule has 128 valence electrons. The minimum absolute atomic E-state index is 0.0247. The first kappa shape index (κ1) is 19.0. The highest BCUT2D eigenvalue weighted by Crippen LogP contribution is 2.20. The molecule has 1 unspecified atom stereocenters. The van der Waals surface area contributed by atoms with Crippen molar-refractivity contribution < 1.29 is 9.59 Å². The SMILES string of the molecule is Cc1ccc(NC(=O)C(C)C)cc1NCC(=O)NC(C)C(C)C. The van der Waals surface area contributed by atoms with Gasteiger partial charge < -0.3 is 16.0 Å². The maximum Gasteiger partial charge on any atom is 0.239 e. The summed E-state index contributed by atoms with van der Waals surface area (Å²) in [4.78, 5) is 23.7. The number of benzene rings is 1. The van der Waals surface area contributed by atoms with Gasteiger partial charge in [0, 0.05) is 23.3 Å². The van der Waals surface area contributed by atoms with Gasteiger partial charge in [-0.25, -0.2) is 0 Å². The fraction of sp³-hybridized carbons (Fsp3) is 0.556. The van der Waals surface area contributed by atoms with Gasteiger partial charge in [-0.3, -0.25) is 9.59 Å². The van der Waals surface area contributed by atoms with Crippen molar-refractivity contribution in [3.05, 3.63) is 23.8 Å². The Morgan fingerprint density at radius 2 is 1.74 bits per heavy atom. The van der Waals surface area contributed by atoms with E-state index in [2.05, 4.69) is 29.8 Å². The Labute approximate surface area is 139 Å². The number of hydrogen-bond acceptors (Lipinski definition) is 3. The van der Waals surface area contributed by atoms with E-state index in [0.717, 1.165) is 16.9 Å². The fourth-order valence-electron chi connectivity index (χ4n) is 1.82. The summed E-state index contributed by atoms with van der Waals surface area (Å²) < 4.78 is 0. The maximum absolute atomic E-state index is 12.0. The summed E-state index contributed by atoms with van der Waals surface area (Å²) in [7, 11) is 0. The quantitative estimate of drug-likeness (QED) is 0.723. The number of carbonyl (C=O) groups excluding carboxylic acids is 2. The number of anilines is 2. The van der Waals surface area contributed by atoms with Crippen LogP contribution in [0.25, 0.3) is 0 Å². The van der Waals surface area contributed by atoms with E-state index in [9.17, 15) is 9.59 Å².